The maximum Gasteiger partial charge on any atom is 0.239 e. The standard InChI is InChI=1S/C15H21FN2O2.ClH/c1-18(15(19)14-4-2-3-9-17-14)10-11-20-13-7-5-12(16)6-8-13;/h5-8,14,17H,2-4,9-11H2,1H3;1H. The maximum atomic E-state index is 12.7. The molecule has 1 amide bonds. The molecule has 1 N–H and O–H groups in total. The molecule has 21 heavy (non-hydrogen) atoms. The van der Waals surface area contributed by atoms with Gasteiger partial charge in [0.05, 0.1) is 12.6 Å². The first-order valence-electron chi connectivity index (χ1n) is 7.03. The molecule has 1 saturated heterocycles. The Morgan fingerprint density at radius 2 is 2.10 bits per heavy atom. The summed E-state index contributed by atoms with van der Waals surface area (Å²) in [6, 6.07) is 5.82. The van der Waals surface area contributed by atoms with E-state index in [2.05, 4.69) is 5.32 Å². The highest BCUT2D eigenvalue weighted by Crippen LogP contribution is 2.12. The Hall–Kier alpha value is -1.33. The number of benzene rings is 1. The summed E-state index contributed by atoms with van der Waals surface area (Å²) in [5.74, 6) is 0.448. The van der Waals surface area contributed by atoms with Crippen LogP contribution in [-0.4, -0.2) is 43.6 Å². The summed E-state index contributed by atoms with van der Waals surface area (Å²) in [6.07, 6.45) is 3.15. The molecule has 0 bridgehead atoms. The second-order valence-electron chi connectivity index (χ2n) is 5.06. The molecule has 0 radical (unpaired) electrons. The molecule has 0 saturated carbocycles. The summed E-state index contributed by atoms with van der Waals surface area (Å²) >= 11 is 0. The Labute approximate surface area is 131 Å². The Bertz CT molecular complexity index is 436. The fourth-order valence-corrected chi connectivity index (χ4v) is 2.27. The smallest absolute Gasteiger partial charge is 0.239 e. The molecule has 1 aliphatic heterocycles. The number of halogens is 2. The van der Waals surface area contributed by atoms with Crippen LogP contribution in [0.15, 0.2) is 24.3 Å². The van der Waals surface area contributed by atoms with Gasteiger partial charge < -0.3 is 15.0 Å². The van der Waals surface area contributed by atoms with Crippen molar-refractivity contribution >= 4 is 18.3 Å². The predicted octanol–water partition coefficient (Wildman–Crippen LogP) is 2.23. The fourth-order valence-electron chi connectivity index (χ4n) is 2.27. The highest BCUT2D eigenvalue weighted by atomic mass is 35.5. The number of hydrogen-bond acceptors (Lipinski definition) is 3. The van der Waals surface area contributed by atoms with Crippen LogP contribution < -0.4 is 10.1 Å². The van der Waals surface area contributed by atoms with E-state index in [0.29, 0.717) is 18.9 Å². The van der Waals surface area contributed by atoms with E-state index < -0.39 is 0 Å². The number of amides is 1. The van der Waals surface area contributed by atoms with E-state index in [4.69, 9.17) is 4.74 Å². The second-order valence-corrected chi connectivity index (χ2v) is 5.06. The van der Waals surface area contributed by atoms with Crippen LogP contribution in [0.4, 0.5) is 4.39 Å². The number of carbonyl (C=O) groups is 1. The van der Waals surface area contributed by atoms with Crippen molar-refractivity contribution in [2.24, 2.45) is 0 Å². The molecule has 0 spiro atoms. The molecule has 1 aromatic rings. The molecule has 118 valence electrons. The van der Waals surface area contributed by atoms with Gasteiger partial charge in [-0.25, -0.2) is 4.39 Å². The molecule has 0 aromatic heterocycles. The van der Waals surface area contributed by atoms with Crippen molar-refractivity contribution in [3.63, 3.8) is 0 Å². The highest BCUT2D eigenvalue weighted by molar-refractivity contribution is 5.85. The molecule has 1 atom stereocenters. The number of nitrogens with zero attached hydrogens (tertiary/aromatic N) is 1. The SMILES string of the molecule is CN(CCOc1ccc(F)cc1)C(=O)C1CCCCN1.Cl. The number of piperidine rings is 1. The van der Waals surface area contributed by atoms with Crippen LogP contribution in [0.3, 0.4) is 0 Å². The van der Waals surface area contributed by atoms with Gasteiger partial charge in [0.25, 0.3) is 0 Å². The van der Waals surface area contributed by atoms with Gasteiger partial charge in [0.15, 0.2) is 0 Å². The van der Waals surface area contributed by atoms with E-state index in [1.165, 1.54) is 12.1 Å². The highest BCUT2D eigenvalue weighted by Gasteiger charge is 2.23. The molecular formula is C15H22ClFN2O2. The lowest BCUT2D eigenvalue weighted by Gasteiger charge is -2.27. The van der Waals surface area contributed by atoms with E-state index in [0.717, 1.165) is 25.8 Å². The minimum absolute atomic E-state index is 0. The third-order valence-corrected chi connectivity index (χ3v) is 3.49. The Kier molecular flexibility index (Phi) is 7.47. The van der Waals surface area contributed by atoms with Gasteiger partial charge >= 0.3 is 0 Å². The van der Waals surface area contributed by atoms with E-state index in [1.54, 1.807) is 24.1 Å². The number of hydrogen-bond donors (Lipinski definition) is 1. The fraction of sp³-hybridized carbons (Fsp3) is 0.533. The van der Waals surface area contributed by atoms with Crippen LogP contribution in [-0.2, 0) is 4.79 Å². The maximum absolute atomic E-state index is 12.7. The zero-order chi connectivity index (χ0) is 14.4. The molecule has 0 aliphatic carbocycles. The van der Waals surface area contributed by atoms with Crippen molar-refractivity contribution < 1.29 is 13.9 Å². The summed E-state index contributed by atoms with van der Waals surface area (Å²) in [5.41, 5.74) is 0. The summed E-state index contributed by atoms with van der Waals surface area (Å²) < 4.78 is 18.2. The lowest BCUT2D eigenvalue weighted by Crippen LogP contribution is -2.48. The van der Waals surface area contributed by atoms with Crippen LogP contribution in [0, 0.1) is 5.82 Å². The van der Waals surface area contributed by atoms with Gasteiger partial charge in [0, 0.05) is 7.05 Å². The number of ether oxygens (including phenoxy) is 1. The van der Waals surface area contributed by atoms with Gasteiger partial charge in [-0.3, -0.25) is 4.79 Å². The van der Waals surface area contributed by atoms with Crippen molar-refractivity contribution in [2.45, 2.75) is 25.3 Å². The normalized spacial score (nSPS) is 17.7. The zero-order valence-corrected chi connectivity index (χ0v) is 13.0. The molecule has 1 heterocycles. The van der Waals surface area contributed by atoms with E-state index in [9.17, 15) is 9.18 Å². The third-order valence-electron chi connectivity index (χ3n) is 3.49. The summed E-state index contributed by atoms with van der Waals surface area (Å²) in [7, 11) is 1.78. The van der Waals surface area contributed by atoms with Crippen molar-refractivity contribution in [3.05, 3.63) is 30.1 Å². The molecule has 1 unspecified atom stereocenters. The number of rotatable bonds is 5. The summed E-state index contributed by atoms with van der Waals surface area (Å²) in [5, 5.41) is 3.24. The average molecular weight is 317 g/mol. The van der Waals surface area contributed by atoms with Crippen molar-refractivity contribution in [1.82, 2.24) is 10.2 Å². The predicted molar refractivity (Wildman–Crippen MR) is 82.4 cm³/mol. The van der Waals surface area contributed by atoms with Crippen molar-refractivity contribution in [3.8, 4) is 5.75 Å². The Balaban J connectivity index is 0.00000220. The lowest BCUT2D eigenvalue weighted by atomic mass is 10.0. The molecule has 4 nitrogen and oxygen atoms in total. The second kappa shape index (κ2) is 8.85. The quantitative estimate of drug-likeness (QED) is 0.905. The van der Waals surface area contributed by atoms with E-state index in [1.807, 2.05) is 0 Å². The number of carbonyl (C=O) groups excluding carboxylic acids is 1. The zero-order valence-electron chi connectivity index (χ0n) is 12.2. The van der Waals surface area contributed by atoms with Crippen LogP contribution in [0.1, 0.15) is 19.3 Å². The first kappa shape index (κ1) is 17.7. The lowest BCUT2D eigenvalue weighted by molar-refractivity contribution is -0.133. The number of nitrogens with one attached hydrogen (secondary N) is 1. The van der Waals surface area contributed by atoms with Crippen LogP contribution >= 0.6 is 12.4 Å². The van der Waals surface area contributed by atoms with Gasteiger partial charge in [0.1, 0.15) is 18.2 Å². The molecule has 2 rings (SSSR count). The average Bonchev–Trinajstić information content (AvgIpc) is 2.49. The largest absolute Gasteiger partial charge is 0.492 e. The van der Waals surface area contributed by atoms with Gasteiger partial charge in [0.2, 0.25) is 5.91 Å². The van der Waals surface area contributed by atoms with Crippen molar-refractivity contribution in [1.29, 1.82) is 0 Å². The molecule has 1 fully saturated rings. The van der Waals surface area contributed by atoms with Crippen LogP contribution in [0.5, 0.6) is 5.75 Å². The molecule has 1 aliphatic rings. The van der Waals surface area contributed by atoms with Crippen molar-refractivity contribution in [2.75, 3.05) is 26.7 Å². The number of likely N-dealkylation sites (N-methyl/N-ethyl adjacent to an activating group) is 1. The molecule has 1 aromatic carbocycles. The van der Waals surface area contributed by atoms with Gasteiger partial charge in [-0.2, -0.15) is 0 Å². The minimum Gasteiger partial charge on any atom is -0.492 e. The minimum atomic E-state index is -0.284. The van der Waals surface area contributed by atoms with Gasteiger partial charge in [-0.05, 0) is 43.7 Å². The van der Waals surface area contributed by atoms with Gasteiger partial charge in [-0.1, -0.05) is 6.42 Å². The monoisotopic (exact) mass is 316 g/mol. The molecular weight excluding hydrogens is 295 g/mol. The van der Waals surface area contributed by atoms with Crippen LogP contribution in [0.25, 0.3) is 0 Å². The summed E-state index contributed by atoms with van der Waals surface area (Å²) in [6.45, 7) is 1.84. The molecule has 6 heteroatoms. The third kappa shape index (κ3) is 5.52. The van der Waals surface area contributed by atoms with Gasteiger partial charge in [-0.15, -0.1) is 12.4 Å². The van der Waals surface area contributed by atoms with Crippen LogP contribution in [0.2, 0.25) is 0 Å². The summed E-state index contributed by atoms with van der Waals surface area (Å²) in [4.78, 5) is 13.8. The van der Waals surface area contributed by atoms with E-state index in [-0.39, 0.29) is 30.2 Å². The first-order chi connectivity index (χ1) is 9.66. The Morgan fingerprint density at radius 3 is 2.71 bits per heavy atom. The Morgan fingerprint density at radius 1 is 1.38 bits per heavy atom. The first-order valence-corrected chi connectivity index (χ1v) is 7.03. The topological polar surface area (TPSA) is 41.6 Å². The van der Waals surface area contributed by atoms with E-state index >= 15 is 0 Å².